The lowest BCUT2D eigenvalue weighted by molar-refractivity contribution is 0.0697. The van der Waals surface area contributed by atoms with Crippen LogP contribution in [0.15, 0.2) is 36.4 Å². The fourth-order valence-corrected chi connectivity index (χ4v) is 7.19. The summed E-state index contributed by atoms with van der Waals surface area (Å²) < 4.78 is 8.86. The predicted octanol–water partition coefficient (Wildman–Crippen LogP) is 8.36. The summed E-state index contributed by atoms with van der Waals surface area (Å²) in [5, 5.41) is 14.8. The molecule has 2 fully saturated rings. The van der Waals surface area contributed by atoms with Crippen LogP contribution in [-0.2, 0) is 6.54 Å². The first-order chi connectivity index (χ1) is 19.1. The number of likely N-dealkylation sites (tertiary alicyclic amines) is 1. The zero-order valence-electron chi connectivity index (χ0n) is 24.2. The van der Waals surface area contributed by atoms with Crippen LogP contribution in [0.25, 0.3) is 22.2 Å². The Hall–Kier alpha value is -2.41. The largest absolute Gasteiger partial charge is 0.489 e. The summed E-state index contributed by atoms with van der Waals surface area (Å²) in [5.74, 6) is 0.563. The minimum absolute atomic E-state index is 0. The average molecular weight is 603 g/mol. The second-order valence-electron chi connectivity index (χ2n) is 11.8. The van der Waals surface area contributed by atoms with Crippen molar-refractivity contribution in [2.24, 2.45) is 0 Å². The maximum absolute atomic E-state index is 11.9. The van der Waals surface area contributed by atoms with E-state index in [1.54, 1.807) is 6.07 Å². The number of nitrogens with zero attached hydrogens (tertiary/aromatic N) is 2. The second-order valence-corrected chi connectivity index (χ2v) is 11.8. The van der Waals surface area contributed by atoms with Crippen molar-refractivity contribution in [2.45, 2.75) is 89.6 Å². The number of aromatic carboxylic acids is 1. The van der Waals surface area contributed by atoms with Crippen molar-refractivity contribution in [2.75, 3.05) is 31.6 Å². The van der Waals surface area contributed by atoms with E-state index in [9.17, 15) is 9.90 Å². The lowest BCUT2D eigenvalue weighted by Gasteiger charge is -2.29. The number of halogens is 2. The van der Waals surface area contributed by atoms with E-state index in [2.05, 4.69) is 46.0 Å². The third-order valence-electron chi connectivity index (χ3n) is 9.29. The summed E-state index contributed by atoms with van der Waals surface area (Å²) in [4.78, 5) is 14.5. The average Bonchev–Trinajstić information content (AvgIpc) is 3.17. The van der Waals surface area contributed by atoms with Gasteiger partial charge in [-0.15, -0.1) is 24.8 Å². The van der Waals surface area contributed by atoms with E-state index in [4.69, 9.17) is 4.74 Å². The standard InChI is InChI=1S/C33H43N3O3.2ClH/c1-2-25(16-19-35-17-7-4-8-18-35)34-28-13-9-12-27-31-30(23-10-5-3-6-11-23)26-15-14-24(33(37)38)22-29(26)36(31)20-21-39-32(27)28;;/h9,12-15,22-23,25,34H,2-8,10-11,16-21H2,1H3,(H,37,38);2*1H. The number of ether oxygens (including phenoxy) is 1. The van der Waals surface area contributed by atoms with Gasteiger partial charge in [-0.1, -0.05) is 44.7 Å². The molecule has 41 heavy (non-hydrogen) atoms. The number of carbonyl (C=O) groups is 1. The number of benzene rings is 2. The Balaban J connectivity index is 0.00000194. The molecule has 2 N–H and O–H groups in total. The van der Waals surface area contributed by atoms with Gasteiger partial charge in [0.05, 0.1) is 23.5 Å². The highest BCUT2D eigenvalue weighted by Gasteiger charge is 2.30. The van der Waals surface area contributed by atoms with Gasteiger partial charge in [-0.2, -0.15) is 0 Å². The number of carboxylic acid groups (broad SMARTS) is 1. The van der Waals surface area contributed by atoms with Crippen LogP contribution in [0.3, 0.4) is 0 Å². The molecule has 1 unspecified atom stereocenters. The van der Waals surface area contributed by atoms with E-state index in [0.717, 1.165) is 41.9 Å². The van der Waals surface area contributed by atoms with Crippen LogP contribution in [0.5, 0.6) is 5.75 Å². The number of hydrogen-bond acceptors (Lipinski definition) is 4. The van der Waals surface area contributed by atoms with Crippen LogP contribution in [0, 0.1) is 0 Å². The van der Waals surface area contributed by atoms with Gasteiger partial charge in [0, 0.05) is 29.1 Å². The van der Waals surface area contributed by atoms with Crippen LogP contribution in [0.2, 0.25) is 0 Å². The molecule has 1 saturated heterocycles. The number of carboxylic acids is 1. The van der Waals surface area contributed by atoms with E-state index in [1.165, 1.54) is 81.1 Å². The highest BCUT2D eigenvalue weighted by Crippen LogP contribution is 2.49. The second kappa shape index (κ2) is 14.2. The smallest absolute Gasteiger partial charge is 0.335 e. The van der Waals surface area contributed by atoms with Gasteiger partial charge in [-0.3, -0.25) is 0 Å². The Morgan fingerprint density at radius 1 is 1.02 bits per heavy atom. The molecule has 0 amide bonds. The van der Waals surface area contributed by atoms with Crippen molar-refractivity contribution in [1.29, 1.82) is 0 Å². The number of rotatable bonds is 8. The van der Waals surface area contributed by atoms with Crippen LogP contribution >= 0.6 is 24.8 Å². The van der Waals surface area contributed by atoms with Gasteiger partial charge < -0.3 is 24.6 Å². The molecule has 1 aromatic heterocycles. The molecule has 0 spiro atoms. The molecule has 1 atom stereocenters. The van der Waals surface area contributed by atoms with E-state index in [0.29, 0.717) is 30.7 Å². The van der Waals surface area contributed by atoms with Gasteiger partial charge in [0.25, 0.3) is 0 Å². The number of nitrogens with one attached hydrogen (secondary N) is 1. The number of fused-ring (bicyclic) bond motifs is 5. The quantitative estimate of drug-likeness (QED) is 0.271. The van der Waals surface area contributed by atoms with E-state index >= 15 is 0 Å². The van der Waals surface area contributed by atoms with Gasteiger partial charge in [0.15, 0.2) is 5.75 Å². The fraction of sp³-hybridized carbons (Fsp3) is 0.545. The lowest BCUT2D eigenvalue weighted by atomic mass is 9.81. The minimum Gasteiger partial charge on any atom is -0.489 e. The lowest BCUT2D eigenvalue weighted by Crippen LogP contribution is -2.33. The van der Waals surface area contributed by atoms with E-state index in [1.807, 2.05) is 6.07 Å². The molecule has 3 aliphatic rings. The minimum atomic E-state index is -0.876. The predicted molar refractivity (Wildman–Crippen MR) is 173 cm³/mol. The van der Waals surface area contributed by atoms with Crippen LogP contribution < -0.4 is 10.1 Å². The van der Waals surface area contributed by atoms with Crippen molar-refractivity contribution in [3.05, 3.63) is 47.5 Å². The third kappa shape index (κ3) is 6.50. The molecule has 6 nitrogen and oxygen atoms in total. The summed E-state index contributed by atoms with van der Waals surface area (Å²) in [7, 11) is 0. The van der Waals surface area contributed by atoms with Gasteiger partial charge >= 0.3 is 5.97 Å². The van der Waals surface area contributed by atoms with E-state index in [-0.39, 0.29) is 24.8 Å². The SMILES string of the molecule is CCC(CCN1CCCCC1)Nc1cccc2c1OCCn1c-2c(C2CCCCC2)c2ccc(C(=O)O)cc21.Cl.Cl. The molecule has 1 saturated carbocycles. The number of hydrogen-bond donors (Lipinski definition) is 2. The van der Waals surface area contributed by atoms with Crippen LogP contribution in [-0.4, -0.2) is 52.8 Å². The molecular weight excluding hydrogens is 557 g/mol. The molecule has 1 aliphatic carbocycles. The Morgan fingerprint density at radius 3 is 2.51 bits per heavy atom. The molecule has 6 rings (SSSR count). The Morgan fingerprint density at radius 2 is 1.78 bits per heavy atom. The Kier molecular flexibility index (Phi) is 10.9. The first kappa shape index (κ1) is 31.5. The number of piperidine rings is 1. The highest BCUT2D eigenvalue weighted by atomic mass is 35.5. The summed E-state index contributed by atoms with van der Waals surface area (Å²) in [6.45, 7) is 7.16. The topological polar surface area (TPSA) is 66.7 Å². The third-order valence-corrected chi connectivity index (χ3v) is 9.29. The maximum atomic E-state index is 11.9. The zero-order chi connectivity index (χ0) is 26.8. The molecule has 8 heteroatoms. The van der Waals surface area contributed by atoms with Crippen molar-refractivity contribution in [3.63, 3.8) is 0 Å². The van der Waals surface area contributed by atoms with Gasteiger partial charge in [-0.25, -0.2) is 4.79 Å². The molecule has 2 aliphatic heterocycles. The molecule has 2 aromatic carbocycles. The van der Waals surface area contributed by atoms with Crippen molar-refractivity contribution < 1.29 is 14.6 Å². The monoisotopic (exact) mass is 601 g/mol. The Bertz CT molecular complexity index is 1330. The summed E-state index contributed by atoms with van der Waals surface area (Å²) in [6.07, 6.45) is 12.4. The zero-order valence-corrected chi connectivity index (χ0v) is 25.8. The number of anilines is 1. The van der Waals surface area contributed by atoms with Crippen molar-refractivity contribution in [1.82, 2.24) is 9.47 Å². The highest BCUT2D eigenvalue weighted by molar-refractivity contribution is 5.99. The van der Waals surface area contributed by atoms with Crippen molar-refractivity contribution in [3.8, 4) is 17.0 Å². The normalized spacial score (nSPS) is 18.2. The summed E-state index contributed by atoms with van der Waals surface area (Å²) in [6, 6.07) is 12.6. The fourth-order valence-electron chi connectivity index (χ4n) is 7.19. The molecule has 3 aromatic rings. The van der Waals surface area contributed by atoms with Gasteiger partial charge in [0.2, 0.25) is 0 Å². The number of para-hydroxylation sites is 1. The molecule has 3 heterocycles. The Labute approximate surface area is 256 Å². The van der Waals surface area contributed by atoms with Crippen LogP contribution in [0.4, 0.5) is 5.69 Å². The molecule has 0 radical (unpaired) electrons. The molecule has 0 bridgehead atoms. The van der Waals surface area contributed by atoms with E-state index < -0.39 is 5.97 Å². The van der Waals surface area contributed by atoms with Gasteiger partial charge in [0.1, 0.15) is 6.61 Å². The summed E-state index contributed by atoms with van der Waals surface area (Å²) in [5.41, 5.74) is 6.21. The molecule has 224 valence electrons. The summed E-state index contributed by atoms with van der Waals surface area (Å²) >= 11 is 0. The van der Waals surface area contributed by atoms with Gasteiger partial charge in [-0.05, 0) is 87.4 Å². The van der Waals surface area contributed by atoms with Crippen molar-refractivity contribution >= 4 is 47.4 Å². The number of aromatic nitrogens is 1. The molecular formula is C33H45Cl2N3O3. The van der Waals surface area contributed by atoms with Crippen LogP contribution in [0.1, 0.15) is 93.0 Å². The maximum Gasteiger partial charge on any atom is 0.335 e. The first-order valence-electron chi connectivity index (χ1n) is 15.3. The first-order valence-corrected chi connectivity index (χ1v) is 15.3.